The first-order valence-electron chi connectivity index (χ1n) is 7.58. The monoisotopic (exact) mass is 360 g/mol. The van der Waals surface area contributed by atoms with E-state index in [1.165, 1.54) is 36.1 Å². The maximum atomic E-state index is 12.6. The highest BCUT2D eigenvalue weighted by molar-refractivity contribution is 7.92. The first-order valence-corrected chi connectivity index (χ1v) is 9.06. The highest BCUT2D eigenvalue weighted by Gasteiger charge is 2.18. The molecule has 0 radical (unpaired) electrons. The molecule has 2 aromatic rings. The van der Waals surface area contributed by atoms with Crippen LogP contribution in [0.1, 0.15) is 33.2 Å². The highest BCUT2D eigenvalue weighted by Crippen LogP contribution is 2.22. The van der Waals surface area contributed by atoms with E-state index in [-0.39, 0.29) is 16.6 Å². The summed E-state index contributed by atoms with van der Waals surface area (Å²) in [4.78, 5) is 24.9. The van der Waals surface area contributed by atoms with Gasteiger partial charge in [-0.2, -0.15) is 0 Å². The Kier molecular flexibility index (Phi) is 5.27. The number of Topliss-reactive ketones (excluding diaryl/α,β-unsaturated/α-hetero) is 1. The molecule has 6 nitrogen and oxygen atoms in total. The molecule has 0 aliphatic carbocycles. The molecule has 0 saturated heterocycles. The topological polar surface area (TPSA) is 83.5 Å². The van der Waals surface area contributed by atoms with Crippen molar-refractivity contribution in [2.24, 2.45) is 0 Å². The first-order chi connectivity index (χ1) is 11.6. The average Bonchev–Trinajstić information content (AvgIpc) is 2.56. The molecule has 0 aliphatic heterocycles. The van der Waals surface area contributed by atoms with E-state index in [1.807, 2.05) is 0 Å². The van der Waals surface area contributed by atoms with Gasteiger partial charge < -0.3 is 4.90 Å². The summed E-state index contributed by atoms with van der Waals surface area (Å²) in [6, 6.07) is 10.7. The summed E-state index contributed by atoms with van der Waals surface area (Å²) in [5.74, 6) is -0.439. The Balaban J connectivity index is 2.41. The van der Waals surface area contributed by atoms with Crippen LogP contribution < -0.4 is 4.72 Å². The zero-order valence-corrected chi connectivity index (χ0v) is 15.3. The molecular formula is C18H20N2O4S. The Hall–Kier alpha value is -2.67. The second kappa shape index (κ2) is 7.06. The molecule has 0 spiro atoms. The number of aryl methyl sites for hydroxylation is 1. The summed E-state index contributed by atoms with van der Waals surface area (Å²) in [6.45, 7) is 3.12. The van der Waals surface area contributed by atoms with Crippen molar-refractivity contribution in [3.8, 4) is 0 Å². The van der Waals surface area contributed by atoms with Crippen molar-refractivity contribution in [2.75, 3.05) is 18.8 Å². The third kappa shape index (κ3) is 4.24. The van der Waals surface area contributed by atoms with Crippen LogP contribution in [0.4, 0.5) is 5.69 Å². The molecule has 0 bridgehead atoms. The fourth-order valence-electron chi connectivity index (χ4n) is 2.21. The molecule has 0 aliphatic rings. The highest BCUT2D eigenvalue weighted by atomic mass is 32.2. The maximum Gasteiger partial charge on any atom is 0.261 e. The van der Waals surface area contributed by atoms with Gasteiger partial charge in [-0.15, -0.1) is 0 Å². The average molecular weight is 360 g/mol. The van der Waals surface area contributed by atoms with E-state index in [0.717, 1.165) is 0 Å². The molecule has 0 heterocycles. The van der Waals surface area contributed by atoms with Crippen molar-refractivity contribution >= 4 is 27.4 Å². The molecule has 7 heteroatoms. The number of amides is 1. The number of hydrogen-bond donors (Lipinski definition) is 1. The molecule has 1 N–H and O–H groups in total. The van der Waals surface area contributed by atoms with Crippen LogP contribution in [-0.4, -0.2) is 39.1 Å². The maximum absolute atomic E-state index is 12.6. The minimum absolute atomic E-state index is 0.0102. The van der Waals surface area contributed by atoms with Gasteiger partial charge >= 0.3 is 0 Å². The number of rotatable bonds is 5. The van der Waals surface area contributed by atoms with E-state index in [1.54, 1.807) is 39.2 Å². The summed E-state index contributed by atoms with van der Waals surface area (Å²) in [7, 11) is -0.633. The minimum Gasteiger partial charge on any atom is -0.345 e. The Labute approximate surface area is 147 Å². The lowest BCUT2D eigenvalue weighted by Crippen LogP contribution is -2.22. The summed E-state index contributed by atoms with van der Waals surface area (Å²) in [5, 5.41) is 0. The number of hydrogen-bond acceptors (Lipinski definition) is 4. The van der Waals surface area contributed by atoms with E-state index < -0.39 is 10.0 Å². The standard InChI is InChI=1S/C18H20N2O4S/c1-12-8-9-15(18(22)20(3)4)11-17(12)19-25(23,24)16-7-5-6-14(10-16)13(2)21/h5-11,19H,1-4H3. The second-order valence-corrected chi connectivity index (χ2v) is 7.60. The summed E-state index contributed by atoms with van der Waals surface area (Å²) >= 11 is 0. The summed E-state index contributed by atoms with van der Waals surface area (Å²) < 4.78 is 27.7. The molecule has 0 saturated carbocycles. The zero-order chi connectivity index (χ0) is 18.8. The van der Waals surface area contributed by atoms with Crippen LogP contribution in [0.15, 0.2) is 47.4 Å². The number of carbonyl (C=O) groups is 2. The molecule has 1 amide bonds. The molecule has 0 unspecified atom stereocenters. The number of sulfonamides is 1. The minimum atomic E-state index is -3.88. The van der Waals surface area contributed by atoms with Crippen LogP contribution in [0.5, 0.6) is 0 Å². The smallest absolute Gasteiger partial charge is 0.261 e. The third-order valence-electron chi connectivity index (χ3n) is 3.69. The lowest BCUT2D eigenvalue weighted by molar-refractivity contribution is 0.0827. The normalized spacial score (nSPS) is 11.0. The van der Waals surface area contributed by atoms with E-state index in [2.05, 4.69) is 4.72 Å². The molecule has 132 valence electrons. The van der Waals surface area contributed by atoms with E-state index in [4.69, 9.17) is 0 Å². The quantitative estimate of drug-likeness (QED) is 0.831. The van der Waals surface area contributed by atoms with E-state index in [0.29, 0.717) is 22.4 Å². The number of nitrogens with zero attached hydrogens (tertiary/aromatic N) is 1. The van der Waals surface area contributed by atoms with Gasteiger partial charge in [0.25, 0.3) is 15.9 Å². The Bertz CT molecular complexity index is 934. The number of anilines is 1. The number of nitrogens with one attached hydrogen (secondary N) is 1. The van der Waals surface area contributed by atoms with Crippen LogP contribution >= 0.6 is 0 Å². The Morgan fingerprint density at radius 2 is 1.68 bits per heavy atom. The fourth-order valence-corrected chi connectivity index (χ4v) is 3.38. The van der Waals surface area contributed by atoms with Crippen molar-refractivity contribution in [1.29, 1.82) is 0 Å². The van der Waals surface area contributed by atoms with E-state index in [9.17, 15) is 18.0 Å². The molecule has 2 aromatic carbocycles. The Morgan fingerprint density at radius 3 is 2.28 bits per heavy atom. The predicted molar refractivity (Wildman–Crippen MR) is 96.5 cm³/mol. The fraction of sp³-hybridized carbons (Fsp3) is 0.222. The lowest BCUT2D eigenvalue weighted by Gasteiger charge is -2.14. The number of carbonyl (C=O) groups excluding carboxylic acids is 2. The van der Waals surface area contributed by atoms with Gasteiger partial charge in [-0.25, -0.2) is 8.42 Å². The SMILES string of the molecule is CC(=O)c1cccc(S(=O)(=O)Nc2cc(C(=O)N(C)C)ccc2C)c1. The van der Waals surface area contributed by atoms with Gasteiger partial charge in [0.2, 0.25) is 0 Å². The van der Waals surface area contributed by atoms with Crippen molar-refractivity contribution < 1.29 is 18.0 Å². The molecule has 0 aromatic heterocycles. The van der Waals surface area contributed by atoms with Gasteiger partial charge in [-0.1, -0.05) is 18.2 Å². The van der Waals surface area contributed by atoms with Crippen LogP contribution in [0.3, 0.4) is 0 Å². The number of benzene rings is 2. The Morgan fingerprint density at radius 1 is 1.00 bits per heavy atom. The van der Waals surface area contributed by atoms with Crippen molar-refractivity contribution in [3.05, 3.63) is 59.2 Å². The van der Waals surface area contributed by atoms with Gasteiger partial charge in [0.1, 0.15) is 0 Å². The van der Waals surface area contributed by atoms with Gasteiger partial charge in [-0.3, -0.25) is 14.3 Å². The van der Waals surface area contributed by atoms with Crippen LogP contribution in [0, 0.1) is 6.92 Å². The third-order valence-corrected chi connectivity index (χ3v) is 5.05. The van der Waals surface area contributed by atoms with Gasteiger partial charge in [0.05, 0.1) is 10.6 Å². The van der Waals surface area contributed by atoms with Crippen molar-refractivity contribution in [2.45, 2.75) is 18.7 Å². The second-order valence-electron chi connectivity index (χ2n) is 5.92. The summed E-state index contributed by atoms with van der Waals surface area (Å²) in [5.41, 5.74) is 1.70. The predicted octanol–water partition coefficient (Wildman–Crippen LogP) is 2.70. The number of ketones is 1. The van der Waals surface area contributed by atoms with Crippen molar-refractivity contribution in [1.82, 2.24) is 4.90 Å². The molecule has 25 heavy (non-hydrogen) atoms. The van der Waals surface area contributed by atoms with Gasteiger partial charge in [0.15, 0.2) is 5.78 Å². The molecule has 0 atom stereocenters. The zero-order valence-electron chi connectivity index (χ0n) is 14.5. The van der Waals surface area contributed by atoms with E-state index >= 15 is 0 Å². The lowest BCUT2D eigenvalue weighted by atomic mass is 10.1. The van der Waals surface area contributed by atoms with Crippen LogP contribution in [0.2, 0.25) is 0 Å². The van der Waals surface area contributed by atoms with Gasteiger partial charge in [-0.05, 0) is 43.7 Å². The molecular weight excluding hydrogens is 340 g/mol. The largest absolute Gasteiger partial charge is 0.345 e. The van der Waals surface area contributed by atoms with Gasteiger partial charge in [0, 0.05) is 25.2 Å². The van der Waals surface area contributed by atoms with Crippen molar-refractivity contribution in [3.63, 3.8) is 0 Å². The van der Waals surface area contributed by atoms with Crippen LogP contribution in [0.25, 0.3) is 0 Å². The molecule has 0 fully saturated rings. The van der Waals surface area contributed by atoms with Crippen LogP contribution in [-0.2, 0) is 10.0 Å². The first kappa shape index (κ1) is 18.7. The molecule has 2 rings (SSSR count). The summed E-state index contributed by atoms with van der Waals surface area (Å²) in [6.07, 6.45) is 0.